The van der Waals surface area contributed by atoms with Crippen molar-refractivity contribution in [3.05, 3.63) is 11.4 Å². The van der Waals surface area contributed by atoms with Gasteiger partial charge in [0.1, 0.15) is 0 Å². The number of alkyl halides is 2. The molecule has 1 aromatic heterocycles. The van der Waals surface area contributed by atoms with Crippen LogP contribution in [-0.4, -0.2) is 28.2 Å². The number of hydrogen-bond acceptors (Lipinski definition) is 4. The maximum Gasteiger partial charge on any atom is 0.255 e. The van der Waals surface area contributed by atoms with Gasteiger partial charge in [-0.3, -0.25) is 0 Å². The summed E-state index contributed by atoms with van der Waals surface area (Å²) in [5, 5.41) is 9.72. The maximum atomic E-state index is 11.8. The first-order valence-corrected chi connectivity index (χ1v) is 3.79. The zero-order valence-corrected chi connectivity index (χ0v) is 7.38. The minimum Gasteiger partial charge on any atom is -0.347 e. The topological polar surface area (TPSA) is 50.7 Å². The molecule has 0 bridgehead atoms. The van der Waals surface area contributed by atoms with E-state index in [1.807, 2.05) is 0 Å². The number of aromatic nitrogens is 3. The van der Waals surface area contributed by atoms with Gasteiger partial charge in [-0.2, -0.15) is 5.10 Å². The number of anilines is 1. The minimum atomic E-state index is -2.41. The second-order valence-corrected chi connectivity index (χ2v) is 2.58. The Balaban J connectivity index is 2.63. The van der Waals surface area contributed by atoms with E-state index >= 15 is 0 Å². The normalized spacial score (nSPS) is 10.5. The third-order valence-corrected chi connectivity index (χ3v) is 1.51. The monoisotopic (exact) mass is 188 g/mol. The van der Waals surface area contributed by atoms with Crippen LogP contribution in [0.15, 0.2) is 0 Å². The third kappa shape index (κ3) is 2.89. The fourth-order valence-electron chi connectivity index (χ4n) is 0.700. The molecule has 0 saturated carbocycles. The Kier molecular flexibility index (Phi) is 3.05. The number of nitrogens with one attached hydrogen (secondary N) is 1. The summed E-state index contributed by atoms with van der Waals surface area (Å²) in [6, 6.07) is 0. The second-order valence-electron chi connectivity index (χ2n) is 2.58. The molecule has 0 aliphatic rings. The lowest BCUT2D eigenvalue weighted by Crippen LogP contribution is -2.13. The molecule has 4 nitrogen and oxygen atoms in total. The van der Waals surface area contributed by atoms with Crippen LogP contribution in [0.5, 0.6) is 0 Å². The summed E-state index contributed by atoms with van der Waals surface area (Å²) >= 11 is 0. The van der Waals surface area contributed by atoms with Crippen molar-refractivity contribution in [1.82, 2.24) is 15.2 Å². The van der Waals surface area contributed by atoms with Crippen LogP contribution in [0.2, 0.25) is 0 Å². The molecule has 0 amide bonds. The van der Waals surface area contributed by atoms with Crippen molar-refractivity contribution in [3.8, 4) is 0 Å². The Morgan fingerprint density at radius 3 is 2.46 bits per heavy atom. The molecule has 0 saturated heterocycles. The molecule has 1 rings (SSSR count). The smallest absolute Gasteiger partial charge is 0.255 e. The zero-order chi connectivity index (χ0) is 9.84. The lowest BCUT2D eigenvalue weighted by Gasteiger charge is -2.03. The summed E-state index contributed by atoms with van der Waals surface area (Å²) < 4.78 is 23.5. The van der Waals surface area contributed by atoms with Gasteiger partial charge in [-0.1, -0.05) is 0 Å². The van der Waals surface area contributed by atoms with E-state index in [1.54, 1.807) is 13.8 Å². The van der Waals surface area contributed by atoms with Crippen molar-refractivity contribution in [2.75, 3.05) is 11.9 Å². The molecule has 0 unspecified atom stereocenters. The van der Waals surface area contributed by atoms with Gasteiger partial charge in [0.25, 0.3) is 6.43 Å². The van der Waals surface area contributed by atoms with Crippen LogP contribution in [-0.2, 0) is 0 Å². The van der Waals surface area contributed by atoms with Crippen molar-refractivity contribution < 1.29 is 8.78 Å². The van der Waals surface area contributed by atoms with Crippen LogP contribution in [0.1, 0.15) is 11.4 Å². The standard InChI is InChI=1S/C7H10F2N4/c1-4-5(2)12-13-7(11-4)10-3-6(8)9/h6H,3H2,1-2H3,(H,10,11,13). The molecule has 0 aliphatic carbocycles. The lowest BCUT2D eigenvalue weighted by molar-refractivity contribution is 0.163. The van der Waals surface area contributed by atoms with E-state index in [4.69, 9.17) is 0 Å². The lowest BCUT2D eigenvalue weighted by atomic mass is 10.4. The Bertz CT molecular complexity index is 290. The number of hydrogen-bond donors (Lipinski definition) is 1. The van der Waals surface area contributed by atoms with E-state index in [0.717, 1.165) is 0 Å². The largest absolute Gasteiger partial charge is 0.347 e. The van der Waals surface area contributed by atoms with Crippen molar-refractivity contribution in [1.29, 1.82) is 0 Å². The predicted molar refractivity (Wildman–Crippen MR) is 43.8 cm³/mol. The van der Waals surface area contributed by atoms with Gasteiger partial charge < -0.3 is 5.32 Å². The first-order valence-electron chi connectivity index (χ1n) is 3.79. The van der Waals surface area contributed by atoms with E-state index in [-0.39, 0.29) is 5.95 Å². The van der Waals surface area contributed by atoms with Gasteiger partial charge in [0.05, 0.1) is 17.9 Å². The molecule has 13 heavy (non-hydrogen) atoms. The highest BCUT2D eigenvalue weighted by Crippen LogP contribution is 2.02. The highest BCUT2D eigenvalue weighted by Gasteiger charge is 2.04. The van der Waals surface area contributed by atoms with E-state index in [1.165, 1.54) is 0 Å². The number of nitrogens with zero attached hydrogens (tertiary/aromatic N) is 3. The Labute approximate surface area is 74.4 Å². The summed E-state index contributed by atoms with van der Waals surface area (Å²) in [5.41, 5.74) is 1.38. The molecular weight excluding hydrogens is 178 g/mol. The molecule has 72 valence electrons. The summed E-state index contributed by atoms with van der Waals surface area (Å²) in [6.07, 6.45) is -2.41. The van der Waals surface area contributed by atoms with Gasteiger partial charge in [0, 0.05) is 0 Å². The first-order chi connectivity index (χ1) is 6.09. The van der Waals surface area contributed by atoms with Gasteiger partial charge >= 0.3 is 0 Å². The van der Waals surface area contributed by atoms with Gasteiger partial charge in [-0.05, 0) is 13.8 Å². The van der Waals surface area contributed by atoms with Crippen LogP contribution >= 0.6 is 0 Å². The Morgan fingerprint density at radius 1 is 1.23 bits per heavy atom. The number of aryl methyl sites for hydroxylation is 2. The van der Waals surface area contributed by atoms with Crippen molar-refractivity contribution in [2.45, 2.75) is 20.3 Å². The molecule has 0 atom stereocenters. The summed E-state index contributed by atoms with van der Waals surface area (Å²) in [4.78, 5) is 3.93. The molecular formula is C7H10F2N4. The van der Waals surface area contributed by atoms with E-state index in [9.17, 15) is 8.78 Å². The molecule has 0 spiro atoms. The van der Waals surface area contributed by atoms with Crippen LogP contribution in [0.3, 0.4) is 0 Å². The molecule has 1 N–H and O–H groups in total. The molecule has 0 fully saturated rings. The van der Waals surface area contributed by atoms with Gasteiger partial charge in [0.15, 0.2) is 0 Å². The van der Waals surface area contributed by atoms with E-state index < -0.39 is 13.0 Å². The van der Waals surface area contributed by atoms with Gasteiger partial charge in [-0.15, -0.1) is 5.10 Å². The van der Waals surface area contributed by atoms with Crippen molar-refractivity contribution >= 4 is 5.95 Å². The molecule has 0 aliphatic heterocycles. The maximum absolute atomic E-state index is 11.8. The molecule has 0 aromatic carbocycles. The molecule has 0 radical (unpaired) electrons. The minimum absolute atomic E-state index is 0.142. The van der Waals surface area contributed by atoms with Crippen LogP contribution in [0.4, 0.5) is 14.7 Å². The first kappa shape index (κ1) is 9.76. The summed E-state index contributed by atoms with van der Waals surface area (Å²) in [7, 11) is 0. The van der Waals surface area contributed by atoms with Crippen molar-refractivity contribution in [2.24, 2.45) is 0 Å². The zero-order valence-electron chi connectivity index (χ0n) is 7.38. The van der Waals surface area contributed by atoms with Gasteiger partial charge in [-0.25, -0.2) is 13.8 Å². The Hall–Kier alpha value is -1.33. The van der Waals surface area contributed by atoms with E-state index in [2.05, 4.69) is 20.5 Å². The van der Waals surface area contributed by atoms with Crippen LogP contribution < -0.4 is 5.32 Å². The summed E-state index contributed by atoms with van der Waals surface area (Å²) in [5.74, 6) is 0.142. The van der Waals surface area contributed by atoms with Gasteiger partial charge in [0.2, 0.25) is 5.95 Å². The predicted octanol–water partition coefficient (Wildman–Crippen LogP) is 1.17. The van der Waals surface area contributed by atoms with Crippen LogP contribution in [0, 0.1) is 13.8 Å². The average molecular weight is 188 g/mol. The third-order valence-electron chi connectivity index (χ3n) is 1.51. The molecule has 1 heterocycles. The average Bonchev–Trinajstić information content (AvgIpc) is 2.07. The SMILES string of the molecule is Cc1nnc(NCC(F)F)nc1C. The van der Waals surface area contributed by atoms with Crippen LogP contribution in [0.25, 0.3) is 0 Å². The van der Waals surface area contributed by atoms with Crippen molar-refractivity contribution in [3.63, 3.8) is 0 Å². The highest BCUT2D eigenvalue weighted by molar-refractivity contribution is 5.24. The van der Waals surface area contributed by atoms with E-state index in [0.29, 0.717) is 11.4 Å². The fourth-order valence-corrected chi connectivity index (χ4v) is 0.700. The fraction of sp³-hybridized carbons (Fsp3) is 0.571. The quantitative estimate of drug-likeness (QED) is 0.773. The Morgan fingerprint density at radius 2 is 1.92 bits per heavy atom. The summed E-state index contributed by atoms with van der Waals surface area (Å²) in [6.45, 7) is 3.05. The highest BCUT2D eigenvalue weighted by atomic mass is 19.3. The second kappa shape index (κ2) is 4.06. The number of rotatable bonds is 3. The number of halogens is 2. The molecule has 1 aromatic rings. The molecule has 6 heteroatoms.